The Hall–Kier alpha value is -0.610. The molecule has 3 rings (SSSR count). The zero-order valence-corrected chi connectivity index (χ0v) is 12.7. The summed E-state index contributed by atoms with van der Waals surface area (Å²) in [5, 5.41) is 0. The molecule has 0 aliphatic heterocycles. The number of hydrogen-bond donors (Lipinski definition) is 0. The number of rotatable bonds is 4. The fourth-order valence-corrected chi connectivity index (χ4v) is 7.03. The Morgan fingerprint density at radius 3 is 1.84 bits per heavy atom. The highest BCUT2D eigenvalue weighted by molar-refractivity contribution is 7.62. The average molecular weight is 272 g/mol. The second-order valence-electron chi connectivity index (χ2n) is 6.05. The van der Waals surface area contributed by atoms with Gasteiger partial charge in [-0.15, -0.1) is 0 Å². The van der Waals surface area contributed by atoms with Crippen LogP contribution in [0, 0.1) is 0 Å². The van der Waals surface area contributed by atoms with E-state index in [1.165, 1.54) is 56.9 Å². The number of benzene rings is 1. The van der Waals surface area contributed by atoms with E-state index in [9.17, 15) is 0 Å². The van der Waals surface area contributed by atoms with Gasteiger partial charge >= 0.3 is 0 Å². The highest BCUT2D eigenvalue weighted by Crippen LogP contribution is 2.58. The highest BCUT2D eigenvalue weighted by Gasteiger charge is 2.30. The monoisotopic (exact) mass is 272 g/mol. The van der Waals surface area contributed by atoms with E-state index in [4.69, 9.17) is 0 Å². The van der Waals surface area contributed by atoms with Gasteiger partial charge in [0.2, 0.25) is 0 Å². The van der Waals surface area contributed by atoms with E-state index in [1.807, 2.05) is 0 Å². The Balaban J connectivity index is 1.72. The van der Waals surface area contributed by atoms with Crippen LogP contribution in [0.1, 0.15) is 56.9 Å². The van der Waals surface area contributed by atoms with E-state index < -0.39 is 0 Å². The van der Waals surface area contributed by atoms with Crippen LogP contribution in [0.5, 0.6) is 0 Å². The van der Waals surface area contributed by atoms with E-state index >= 15 is 0 Å². The summed E-state index contributed by atoms with van der Waals surface area (Å²) in [7, 11) is 0.133. The standard InChI is InChI=1S/C18H25P/c1-2-8-16(9-3-1)14-15-19(17-10-4-5-11-17)18-12-6-7-13-18/h1-3,8-9,14-15,17-18H,4-7,10-13H2. The lowest BCUT2D eigenvalue weighted by atomic mass is 10.2. The minimum absolute atomic E-state index is 0.133. The average Bonchev–Trinajstić information content (AvgIpc) is 3.13. The molecule has 0 unspecified atom stereocenters. The Morgan fingerprint density at radius 1 is 0.789 bits per heavy atom. The number of hydrogen-bond acceptors (Lipinski definition) is 0. The van der Waals surface area contributed by atoms with Crippen molar-refractivity contribution in [2.45, 2.75) is 62.7 Å². The lowest BCUT2D eigenvalue weighted by Crippen LogP contribution is -2.08. The molecule has 1 aromatic carbocycles. The molecule has 2 aliphatic carbocycles. The smallest absolute Gasteiger partial charge is 0.0172 e. The molecule has 0 N–H and O–H groups in total. The van der Waals surface area contributed by atoms with Crippen LogP contribution >= 0.6 is 7.92 Å². The van der Waals surface area contributed by atoms with Crippen LogP contribution in [0.3, 0.4) is 0 Å². The van der Waals surface area contributed by atoms with Gasteiger partial charge in [-0.1, -0.05) is 75.8 Å². The zero-order chi connectivity index (χ0) is 12.9. The molecule has 0 amide bonds. The van der Waals surface area contributed by atoms with Crippen molar-refractivity contribution in [2.24, 2.45) is 0 Å². The molecular formula is C18H25P. The normalized spacial score (nSPS) is 21.9. The molecule has 0 aromatic heterocycles. The van der Waals surface area contributed by atoms with Gasteiger partial charge in [-0.3, -0.25) is 0 Å². The maximum Gasteiger partial charge on any atom is -0.0172 e. The van der Waals surface area contributed by atoms with Crippen molar-refractivity contribution in [2.75, 3.05) is 0 Å². The maximum atomic E-state index is 2.62. The van der Waals surface area contributed by atoms with Gasteiger partial charge in [0.15, 0.2) is 0 Å². The van der Waals surface area contributed by atoms with E-state index in [2.05, 4.69) is 42.2 Å². The first-order valence-corrected chi connectivity index (χ1v) is 9.49. The van der Waals surface area contributed by atoms with Crippen molar-refractivity contribution < 1.29 is 0 Å². The molecule has 1 heteroatoms. The molecule has 2 fully saturated rings. The van der Waals surface area contributed by atoms with Crippen molar-refractivity contribution in [1.29, 1.82) is 0 Å². The summed E-state index contributed by atoms with van der Waals surface area (Å²) in [4.78, 5) is 0. The SMILES string of the molecule is C(=CP(C1CCCC1)C1CCCC1)c1ccccc1. The second-order valence-corrected chi connectivity index (χ2v) is 8.70. The molecule has 2 saturated carbocycles. The van der Waals surface area contributed by atoms with Crippen molar-refractivity contribution in [3.05, 3.63) is 41.7 Å². The van der Waals surface area contributed by atoms with Gasteiger partial charge in [0, 0.05) is 0 Å². The Bertz CT molecular complexity index is 381. The molecule has 0 nitrogen and oxygen atoms in total. The van der Waals surface area contributed by atoms with Gasteiger partial charge < -0.3 is 0 Å². The van der Waals surface area contributed by atoms with Gasteiger partial charge in [0.05, 0.1) is 0 Å². The minimum Gasteiger partial charge on any atom is -0.0768 e. The Morgan fingerprint density at radius 2 is 1.32 bits per heavy atom. The fourth-order valence-electron chi connectivity index (χ4n) is 3.68. The lowest BCUT2D eigenvalue weighted by Gasteiger charge is -2.27. The quantitative estimate of drug-likeness (QED) is 0.587. The first-order chi connectivity index (χ1) is 9.43. The van der Waals surface area contributed by atoms with Gasteiger partial charge in [-0.2, -0.15) is 0 Å². The lowest BCUT2D eigenvalue weighted by molar-refractivity contribution is 0.835. The van der Waals surface area contributed by atoms with Crippen molar-refractivity contribution in [1.82, 2.24) is 0 Å². The predicted molar refractivity (Wildman–Crippen MR) is 86.9 cm³/mol. The van der Waals surface area contributed by atoms with Crippen LogP contribution in [0.25, 0.3) is 6.08 Å². The zero-order valence-electron chi connectivity index (χ0n) is 11.8. The molecule has 102 valence electrons. The third-order valence-corrected chi connectivity index (χ3v) is 7.94. The Kier molecular flexibility index (Phi) is 4.72. The first-order valence-electron chi connectivity index (χ1n) is 7.94. The summed E-state index contributed by atoms with van der Waals surface area (Å²) in [6.07, 6.45) is 14.3. The van der Waals surface area contributed by atoms with Crippen molar-refractivity contribution in [3.63, 3.8) is 0 Å². The third kappa shape index (κ3) is 3.48. The molecule has 0 atom stereocenters. The van der Waals surface area contributed by atoms with Crippen LogP contribution in [0.4, 0.5) is 0 Å². The van der Waals surface area contributed by atoms with E-state index in [0.717, 1.165) is 11.3 Å². The van der Waals surface area contributed by atoms with Crippen LogP contribution in [-0.4, -0.2) is 11.3 Å². The summed E-state index contributed by atoms with van der Waals surface area (Å²) in [5.74, 6) is 2.62. The minimum atomic E-state index is 0.133. The van der Waals surface area contributed by atoms with Gasteiger partial charge in [0.1, 0.15) is 0 Å². The molecule has 0 radical (unpaired) electrons. The predicted octanol–water partition coefficient (Wildman–Crippen LogP) is 6.02. The molecular weight excluding hydrogens is 247 g/mol. The van der Waals surface area contributed by atoms with Crippen LogP contribution in [0.2, 0.25) is 0 Å². The molecule has 1 aromatic rings. The van der Waals surface area contributed by atoms with Gasteiger partial charge in [-0.05, 0) is 42.6 Å². The fraction of sp³-hybridized carbons (Fsp3) is 0.556. The van der Waals surface area contributed by atoms with Crippen LogP contribution in [0.15, 0.2) is 36.1 Å². The summed E-state index contributed by atoms with van der Waals surface area (Å²) < 4.78 is 0. The van der Waals surface area contributed by atoms with E-state index in [-0.39, 0.29) is 7.92 Å². The molecule has 0 saturated heterocycles. The molecule has 0 spiro atoms. The summed E-state index contributed by atoms with van der Waals surface area (Å²) in [6, 6.07) is 10.9. The summed E-state index contributed by atoms with van der Waals surface area (Å²) in [6.45, 7) is 0. The van der Waals surface area contributed by atoms with Crippen LogP contribution in [-0.2, 0) is 0 Å². The topological polar surface area (TPSA) is 0 Å². The highest BCUT2D eigenvalue weighted by atomic mass is 31.1. The largest absolute Gasteiger partial charge is 0.0768 e. The molecule has 19 heavy (non-hydrogen) atoms. The summed E-state index contributed by atoms with van der Waals surface area (Å²) >= 11 is 0. The Labute approximate surface area is 119 Å². The second kappa shape index (κ2) is 6.71. The van der Waals surface area contributed by atoms with E-state index in [0.29, 0.717) is 0 Å². The van der Waals surface area contributed by atoms with Crippen molar-refractivity contribution in [3.8, 4) is 0 Å². The molecule has 0 heterocycles. The maximum absolute atomic E-state index is 2.62. The van der Waals surface area contributed by atoms with Crippen molar-refractivity contribution >= 4 is 14.0 Å². The van der Waals surface area contributed by atoms with Gasteiger partial charge in [-0.25, -0.2) is 0 Å². The molecule has 2 aliphatic rings. The molecule has 0 bridgehead atoms. The van der Waals surface area contributed by atoms with Crippen LogP contribution < -0.4 is 0 Å². The van der Waals surface area contributed by atoms with E-state index in [1.54, 1.807) is 0 Å². The first kappa shape index (κ1) is 13.4. The third-order valence-electron chi connectivity index (χ3n) is 4.73. The van der Waals surface area contributed by atoms with Gasteiger partial charge in [0.25, 0.3) is 0 Å². The summed E-state index contributed by atoms with van der Waals surface area (Å²) in [5.41, 5.74) is 3.46.